The Labute approximate surface area is 138 Å². The third-order valence-corrected chi connectivity index (χ3v) is 4.90. The number of nitrogens with zero attached hydrogens (tertiary/aromatic N) is 1. The maximum Gasteiger partial charge on any atom is 0.249 e. The zero-order chi connectivity index (χ0) is 17.2. The van der Waals surface area contributed by atoms with E-state index in [0.29, 0.717) is 11.3 Å². The molecule has 1 aliphatic rings. The maximum atomic E-state index is 12.4. The smallest absolute Gasteiger partial charge is 0.249 e. The number of hydrogen-bond donors (Lipinski definition) is 0. The van der Waals surface area contributed by atoms with Crippen molar-refractivity contribution in [3.63, 3.8) is 0 Å². The van der Waals surface area contributed by atoms with Gasteiger partial charge in [0.15, 0.2) is 14.1 Å². The van der Waals surface area contributed by atoms with Gasteiger partial charge in [-0.15, -0.1) is 0 Å². The Morgan fingerprint density at radius 3 is 2.61 bits per heavy atom. The minimum absolute atomic E-state index is 0.0321. The Hall–Kier alpha value is -1.66. The molecule has 1 aromatic rings. The van der Waals surface area contributed by atoms with Gasteiger partial charge in [-0.2, -0.15) is 0 Å². The number of carbonyl (C=O) groups is 2. The summed E-state index contributed by atoms with van der Waals surface area (Å²) in [6.07, 6.45) is 0.0259. The lowest BCUT2D eigenvalue weighted by Gasteiger charge is -2.39. The second kappa shape index (κ2) is 6.84. The van der Waals surface area contributed by atoms with E-state index in [9.17, 15) is 9.59 Å². The topological polar surface area (TPSA) is 66.7 Å². The number of hydrogen-bond acceptors (Lipinski definition) is 4. The first-order valence-electron chi connectivity index (χ1n) is 7.81. The van der Waals surface area contributed by atoms with Gasteiger partial charge in [0, 0.05) is 12.0 Å². The molecule has 3 atom stereocenters. The zero-order valence-corrected chi connectivity index (χ0v) is 15.3. The lowest BCUT2D eigenvalue weighted by molar-refractivity contribution is -0.140. The van der Waals surface area contributed by atoms with E-state index in [1.165, 1.54) is 0 Å². The summed E-state index contributed by atoms with van der Waals surface area (Å²) < 4.78 is 11.1. The van der Waals surface area contributed by atoms with E-state index in [-0.39, 0.29) is 36.2 Å². The fraction of sp³-hybridized carbons (Fsp3) is 0.529. The summed E-state index contributed by atoms with van der Waals surface area (Å²) in [4.78, 5) is 24.2. The Morgan fingerprint density at radius 1 is 1.35 bits per heavy atom. The van der Waals surface area contributed by atoms with Gasteiger partial charge >= 0.3 is 0 Å². The molecular formula is C17H24NO4Si. The molecule has 1 radical (unpaired) electrons. The van der Waals surface area contributed by atoms with Gasteiger partial charge in [0.25, 0.3) is 0 Å². The first-order valence-corrected chi connectivity index (χ1v) is 11.2. The summed E-state index contributed by atoms with van der Waals surface area (Å²) in [5.41, 5.74) is 0.580. The van der Waals surface area contributed by atoms with Crippen LogP contribution in [0.5, 0.6) is 5.75 Å². The summed E-state index contributed by atoms with van der Waals surface area (Å²) >= 11 is 0. The van der Waals surface area contributed by atoms with Gasteiger partial charge in [-0.1, -0.05) is 12.1 Å². The second-order valence-electron chi connectivity index (χ2n) is 6.86. The molecule has 1 aliphatic heterocycles. The van der Waals surface area contributed by atoms with E-state index < -0.39 is 8.32 Å². The van der Waals surface area contributed by atoms with E-state index in [4.69, 9.17) is 9.16 Å². The molecule has 23 heavy (non-hydrogen) atoms. The van der Waals surface area contributed by atoms with E-state index in [1.54, 1.807) is 31.4 Å². The molecule has 0 bridgehead atoms. The SMILES string of the molecule is COc1cccc(C(=O)C[C@H]2[N]C(=O)[C@@H]2[C@@H](C)O[Si](C)(C)C)c1. The van der Waals surface area contributed by atoms with Crippen molar-refractivity contribution in [3.05, 3.63) is 29.8 Å². The van der Waals surface area contributed by atoms with E-state index in [1.807, 2.05) is 6.92 Å². The van der Waals surface area contributed by atoms with Gasteiger partial charge in [0.2, 0.25) is 5.91 Å². The monoisotopic (exact) mass is 334 g/mol. The highest BCUT2D eigenvalue weighted by Gasteiger charge is 2.47. The van der Waals surface area contributed by atoms with Crippen LogP contribution in [0.3, 0.4) is 0 Å². The van der Waals surface area contributed by atoms with Gasteiger partial charge in [0.1, 0.15) is 5.75 Å². The minimum atomic E-state index is -1.74. The number of Topliss-reactive ketones (excluding diaryl/α,β-unsaturated/α-hetero) is 1. The number of benzene rings is 1. The van der Waals surface area contributed by atoms with Crippen molar-refractivity contribution >= 4 is 20.0 Å². The van der Waals surface area contributed by atoms with Crippen molar-refractivity contribution in [1.29, 1.82) is 0 Å². The lowest BCUT2D eigenvalue weighted by Crippen LogP contribution is -2.59. The average Bonchev–Trinajstić information content (AvgIpc) is 2.44. The molecule has 0 saturated carbocycles. The molecule has 1 heterocycles. The Kier molecular flexibility index (Phi) is 5.26. The number of ether oxygens (including phenoxy) is 1. The molecule has 125 valence electrons. The lowest BCUT2D eigenvalue weighted by atomic mass is 9.82. The minimum Gasteiger partial charge on any atom is -0.497 e. The van der Waals surface area contributed by atoms with Crippen molar-refractivity contribution < 1.29 is 18.8 Å². The van der Waals surface area contributed by atoms with Crippen molar-refractivity contribution in [2.75, 3.05) is 7.11 Å². The van der Waals surface area contributed by atoms with Gasteiger partial charge in [-0.3, -0.25) is 9.59 Å². The van der Waals surface area contributed by atoms with Crippen LogP contribution < -0.4 is 10.1 Å². The molecular weight excluding hydrogens is 310 g/mol. The molecule has 2 rings (SSSR count). The average molecular weight is 334 g/mol. The second-order valence-corrected chi connectivity index (χ2v) is 11.3. The molecule has 1 fully saturated rings. The van der Waals surface area contributed by atoms with Gasteiger partial charge in [-0.25, -0.2) is 5.32 Å². The quantitative estimate of drug-likeness (QED) is 0.437. The molecule has 0 N–H and O–H groups in total. The molecule has 0 unspecified atom stereocenters. The zero-order valence-electron chi connectivity index (χ0n) is 14.3. The van der Waals surface area contributed by atoms with Crippen LogP contribution in [0.1, 0.15) is 23.7 Å². The van der Waals surface area contributed by atoms with Crippen molar-refractivity contribution in [2.45, 2.75) is 45.1 Å². The normalized spacial score (nSPS) is 22.0. The molecule has 1 saturated heterocycles. The number of carbonyl (C=O) groups excluding carboxylic acids is 2. The molecule has 0 spiro atoms. The highest BCUT2D eigenvalue weighted by atomic mass is 28.4. The number of rotatable bonds is 7. The van der Waals surface area contributed by atoms with Crippen LogP contribution >= 0.6 is 0 Å². The molecule has 5 nitrogen and oxygen atoms in total. The van der Waals surface area contributed by atoms with Crippen molar-refractivity contribution in [2.24, 2.45) is 5.92 Å². The van der Waals surface area contributed by atoms with Crippen LogP contribution in [-0.2, 0) is 9.22 Å². The largest absolute Gasteiger partial charge is 0.497 e. The van der Waals surface area contributed by atoms with E-state index in [2.05, 4.69) is 25.0 Å². The summed E-state index contributed by atoms with van der Waals surface area (Å²) in [6.45, 7) is 8.15. The molecule has 0 aromatic heterocycles. The molecule has 0 aliphatic carbocycles. The Morgan fingerprint density at radius 2 is 2.04 bits per heavy atom. The number of methoxy groups -OCH3 is 1. The van der Waals surface area contributed by atoms with Crippen LogP contribution in [0.15, 0.2) is 24.3 Å². The van der Waals surface area contributed by atoms with Crippen LogP contribution in [0, 0.1) is 5.92 Å². The first kappa shape index (κ1) is 17.7. The maximum absolute atomic E-state index is 12.4. The first-order chi connectivity index (χ1) is 10.7. The Bertz CT molecular complexity index is 597. The molecule has 1 amide bonds. The fourth-order valence-electron chi connectivity index (χ4n) is 2.83. The summed E-state index contributed by atoms with van der Waals surface area (Å²) in [6, 6.07) is 6.75. The van der Waals surface area contributed by atoms with E-state index >= 15 is 0 Å². The highest BCUT2D eigenvalue weighted by molar-refractivity contribution is 6.69. The van der Waals surface area contributed by atoms with Gasteiger partial charge in [0.05, 0.1) is 25.2 Å². The Balaban J connectivity index is 2.01. The van der Waals surface area contributed by atoms with Crippen LogP contribution in [0.4, 0.5) is 0 Å². The third-order valence-electron chi connectivity index (χ3n) is 3.82. The number of amides is 1. The standard InChI is InChI=1S/C17H24NO4Si/c1-11(22-23(3,4)5)16-14(18-17(16)20)10-15(19)12-7-6-8-13(9-12)21-2/h6-9,11,14,16H,10H2,1-5H3/t11-,14-,16-/m1/s1. The predicted octanol–water partition coefficient (Wildman–Crippen LogP) is 2.64. The van der Waals surface area contributed by atoms with Crippen LogP contribution in [0.25, 0.3) is 0 Å². The van der Waals surface area contributed by atoms with Crippen molar-refractivity contribution in [1.82, 2.24) is 5.32 Å². The van der Waals surface area contributed by atoms with Crippen LogP contribution in [0.2, 0.25) is 19.6 Å². The molecule has 1 aromatic carbocycles. The summed E-state index contributed by atoms with van der Waals surface area (Å²) in [7, 11) is -0.172. The van der Waals surface area contributed by atoms with Gasteiger partial charge in [-0.05, 0) is 38.7 Å². The fourth-order valence-corrected chi connectivity index (χ4v) is 4.10. The summed E-state index contributed by atoms with van der Waals surface area (Å²) in [5, 5.41) is 4.01. The van der Waals surface area contributed by atoms with E-state index in [0.717, 1.165) is 0 Å². The number of ketones is 1. The number of β-lactam (4-membered cyclic amide) rings is 1. The summed E-state index contributed by atoms with van der Waals surface area (Å²) in [5.74, 6) is 0.148. The molecule has 6 heteroatoms. The predicted molar refractivity (Wildman–Crippen MR) is 90.3 cm³/mol. The third kappa shape index (κ3) is 4.42. The van der Waals surface area contributed by atoms with Crippen LogP contribution in [-0.4, -0.2) is 39.3 Å². The van der Waals surface area contributed by atoms with Crippen molar-refractivity contribution in [3.8, 4) is 5.75 Å². The highest BCUT2D eigenvalue weighted by Crippen LogP contribution is 2.29. The van der Waals surface area contributed by atoms with Gasteiger partial charge < -0.3 is 9.16 Å².